The SMILES string of the molecule is Cn1ccnc1CN(CCO)C(=O)NC[C@H]1CCN(C(C)(C)C)C1. The van der Waals surface area contributed by atoms with Crippen LogP contribution in [0.1, 0.15) is 33.0 Å². The summed E-state index contributed by atoms with van der Waals surface area (Å²) in [6, 6.07) is -0.138. The topological polar surface area (TPSA) is 73.6 Å². The van der Waals surface area contributed by atoms with Gasteiger partial charge in [0.1, 0.15) is 5.82 Å². The number of nitrogens with one attached hydrogen (secondary N) is 1. The van der Waals surface area contributed by atoms with Crippen molar-refractivity contribution in [3.05, 3.63) is 18.2 Å². The van der Waals surface area contributed by atoms with Gasteiger partial charge >= 0.3 is 6.03 Å². The number of hydrogen-bond donors (Lipinski definition) is 2. The number of aromatic nitrogens is 2. The molecule has 0 saturated carbocycles. The van der Waals surface area contributed by atoms with Gasteiger partial charge < -0.3 is 19.9 Å². The lowest BCUT2D eigenvalue weighted by atomic mass is 10.1. The number of hydrogen-bond acceptors (Lipinski definition) is 4. The Bertz CT molecular complexity index is 537. The first-order chi connectivity index (χ1) is 11.3. The molecule has 2 N–H and O–H groups in total. The van der Waals surface area contributed by atoms with Crippen LogP contribution in [0.2, 0.25) is 0 Å². The van der Waals surface area contributed by atoms with Gasteiger partial charge in [0.15, 0.2) is 0 Å². The first kappa shape index (κ1) is 18.7. The number of aliphatic hydroxyl groups is 1. The summed E-state index contributed by atoms with van der Waals surface area (Å²) in [7, 11) is 1.90. The third-order valence-corrected chi connectivity index (χ3v) is 4.69. The average Bonchev–Trinajstić information content (AvgIpc) is 3.13. The van der Waals surface area contributed by atoms with Gasteiger partial charge in [0.25, 0.3) is 0 Å². The molecule has 7 heteroatoms. The number of aryl methyl sites for hydroxylation is 1. The molecule has 24 heavy (non-hydrogen) atoms. The van der Waals surface area contributed by atoms with Crippen LogP contribution in [0.3, 0.4) is 0 Å². The summed E-state index contributed by atoms with van der Waals surface area (Å²) in [5.74, 6) is 1.29. The zero-order valence-corrected chi connectivity index (χ0v) is 15.3. The van der Waals surface area contributed by atoms with E-state index >= 15 is 0 Å². The second-order valence-corrected chi connectivity index (χ2v) is 7.56. The maximum Gasteiger partial charge on any atom is 0.317 e. The van der Waals surface area contributed by atoms with Crippen molar-refractivity contribution < 1.29 is 9.90 Å². The van der Waals surface area contributed by atoms with E-state index in [0.29, 0.717) is 25.6 Å². The fourth-order valence-electron chi connectivity index (χ4n) is 3.04. The number of carbonyl (C=O) groups excluding carboxylic acids is 1. The lowest BCUT2D eigenvalue weighted by Crippen LogP contribution is -2.44. The van der Waals surface area contributed by atoms with E-state index in [0.717, 1.165) is 25.3 Å². The van der Waals surface area contributed by atoms with Crippen LogP contribution >= 0.6 is 0 Å². The molecule has 0 spiro atoms. The number of aliphatic hydroxyl groups excluding tert-OH is 1. The highest BCUT2D eigenvalue weighted by Crippen LogP contribution is 2.23. The maximum absolute atomic E-state index is 12.5. The highest BCUT2D eigenvalue weighted by Gasteiger charge is 2.30. The molecule has 2 rings (SSSR count). The Morgan fingerprint density at radius 2 is 2.25 bits per heavy atom. The number of carbonyl (C=O) groups is 1. The van der Waals surface area contributed by atoms with E-state index in [1.54, 1.807) is 11.1 Å². The summed E-state index contributed by atoms with van der Waals surface area (Å²) in [5, 5.41) is 12.3. The van der Waals surface area contributed by atoms with Crippen molar-refractivity contribution in [3.8, 4) is 0 Å². The average molecular weight is 337 g/mol. The largest absolute Gasteiger partial charge is 0.395 e. The Morgan fingerprint density at radius 3 is 2.79 bits per heavy atom. The van der Waals surface area contributed by atoms with Crippen LogP contribution in [-0.2, 0) is 13.6 Å². The van der Waals surface area contributed by atoms with E-state index in [1.807, 2.05) is 17.8 Å². The van der Waals surface area contributed by atoms with Gasteiger partial charge in [-0.1, -0.05) is 0 Å². The number of urea groups is 1. The van der Waals surface area contributed by atoms with Gasteiger partial charge in [-0.05, 0) is 39.7 Å². The van der Waals surface area contributed by atoms with Crippen LogP contribution in [0.5, 0.6) is 0 Å². The summed E-state index contributed by atoms with van der Waals surface area (Å²) in [6.45, 7) is 10.1. The first-order valence-electron chi connectivity index (χ1n) is 8.66. The van der Waals surface area contributed by atoms with Crippen LogP contribution in [0.4, 0.5) is 4.79 Å². The van der Waals surface area contributed by atoms with Crippen LogP contribution in [0.25, 0.3) is 0 Å². The zero-order chi connectivity index (χ0) is 17.7. The van der Waals surface area contributed by atoms with Crippen LogP contribution in [-0.4, -0.2) is 68.8 Å². The van der Waals surface area contributed by atoms with Crippen molar-refractivity contribution in [2.24, 2.45) is 13.0 Å². The molecule has 0 unspecified atom stereocenters. The van der Waals surface area contributed by atoms with E-state index in [2.05, 4.69) is 36.0 Å². The van der Waals surface area contributed by atoms with Crippen molar-refractivity contribution in [2.45, 2.75) is 39.3 Å². The van der Waals surface area contributed by atoms with E-state index in [4.69, 9.17) is 0 Å². The highest BCUT2D eigenvalue weighted by atomic mass is 16.3. The van der Waals surface area contributed by atoms with Gasteiger partial charge in [0, 0.05) is 44.6 Å². The summed E-state index contributed by atoms with van der Waals surface area (Å²) in [5.41, 5.74) is 0.180. The van der Waals surface area contributed by atoms with E-state index in [-0.39, 0.29) is 18.2 Å². The number of amides is 2. The molecule has 7 nitrogen and oxygen atoms in total. The minimum Gasteiger partial charge on any atom is -0.395 e. The normalized spacial score (nSPS) is 18.8. The van der Waals surface area contributed by atoms with Crippen molar-refractivity contribution in [2.75, 3.05) is 32.8 Å². The standard InChI is InChI=1S/C17H31N5O2/c1-17(2,3)22-7-5-14(12-22)11-19-16(24)21(9-10-23)13-15-18-6-8-20(15)4/h6,8,14,23H,5,7,9-13H2,1-4H3,(H,19,24)/t14-/m1/s1. The van der Waals surface area contributed by atoms with Crippen LogP contribution in [0, 0.1) is 5.92 Å². The molecule has 1 aliphatic heterocycles. The lowest BCUT2D eigenvalue weighted by molar-refractivity contribution is 0.163. The van der Waals surface area contributed by atoms with E-state index < -0.39 is 0 Å². The molecule has 1 aliphatic rings. The molecule has 2 amide bonds. The fraction of sp³-hybridized carbons (Fsp3) is 0.765. The molecule has 0 bridgehead atoms. The quantitative estimate of drug-likeness (QED) is 0.814. The van der Waals surface area contributed by atoms with E-state index in [9.17, 15) is 9.90 Å². The van der Waals surface area contributed by atoms with Crippen molar-refractivity contribution in [1.82, 2.24) is 24.7 Å². The Labute approximate surface area is 144 Å². The zero-order valence-electron chi connectivity index (χ0n) is 15.3. The smallest absolute Gasteiger partial charge is 0.317 e. The van der Waals surface area contributed by atoms with Crippen molar-refractivity contribution in [1.29, 1.82) is 0 Å². The van der Waals surface area contributed by atoms with Gasteiger partial charge in [-0.2, -0.15) is 0 Å². The van der Waals surface area contributed by atoms with Crippen molar-refractivity contribution >= 4 is 6.03 Å². The third kappa shape index (κ3) is 4.95. The predicted octanol–water partition coefficient (Wildman–Crippen LogP) is 1.04. The summed E-state index contributed by atoms with van der Waals surface area (Å²) < 4.78 is 1.88. The van der Waals surface area contributed by atoms with Gasteiger partial charge in [0.05, 0.1) is 13.2 Å². The maximum atomic E-state index is 12.5. The monoisotopic (exact) mass is 337 g/mol. The first-order valence-corrected chi connectivity index (χ1v) is 8.66. The molecule has 1 aromatic heterocycles. The Kier molecular flexibility index (Phi) is 6.23. The second kappa shape index (κ2) is 7.98. The fourth-order valence-corrected chi connectivity index (χ4v) is 3.04. The minimum atomic E-state index is -0.138. The highest BCUT2D eigenvalue weighted by molar-refractivity contribution is 5.74. The molecule has 0 aliphatic carbocycles. The summed E-state index contributed by atoms with van der Waals surface area (Å²) >= 11 is 0. The number of rotatable bonds is 6. The lowest BCUT2D eigenvalue weighted by Gasteiger charge is -2.31. The van der Waals surface area contributed by atoms with Crippen LogP contribution < -0.4 is 5.32 Å². The summed E-state index contributed by atoms with van der Waals surface area (Å²) in [4.78, 5) is 20.8. The Hall–Kier alpha value is -1.60. The molecular weight excluding hydrogens is 306 g/mol. The molecular formula is C17H31N5O2. The van der Waals surface area contributed by atoms with Crippen molar-refractivity contribution in [3.63, 3.8) is 0 Å². The van der Waals surface area contributed by atoms with Gasteiger partial charge in [-0.3, -0.25) is 4.90 Å². The second-order valence-electron chi connectivity index (χ2n) is 7.56. The molecule has 1 aromatic rings. The molecule has 0 aromatic carbocycles. The number of likely N-dealkylation sites (tertiary alicyclic amines) is 1. The van der Waals surface area contributed by atoms with Gasteiger partial charge in [-0.15, -0.1) is 0 Å². The molecule has 1 atom stereocenters. The molecule has 1 saturated heterocycles. The van der Waals surface area contributed by atoms with Gasteiger partial charge in [0.2, 0.25) is 0 Å². The van der Waals surface area contributed by atoms with Crippen LogP contribution in [0.15, 0.2) is 12.4 Å². The molecule has 136 valence electrons. The molecule has 2 heterocycles. The predicted molar refractivity (Wildman–Crippen MR) is 93.5 cm³/mol. The Balaban J connectivity index is 1.84. The Morgan fingerprint density at radius 1 is 1.50 bits per heavy atom. The number of imidazole rings is 1. The molecule has 0 radical (unpaired) electrons. The van der Waals surface area contributed by atoms with E-state index in [1.165, 1.54) is 0 Å². The van der Waals surface area contributed by atoms with Gasteiger partial charge in [-0.25, -0.2) is 9.78 Å². The minimum absolute atomic E-state index is 0.0565. The third-order valence-electron chi connectivity index (χ3n) is 4.69. The number of nitrogens with zero attached hydrogens (tertiary/aromatic N) is 4. The molecule has 1 fully saturated rings. The summed E-state index contributed by atoms with van der Waals surface area (Å²) in [6.07, 6.45) is 4.67.